The summed E-state index contributed by atoms with van der Waals surface area (Å²) >= 11 is 1.91. The zero-order valence-corrected chi connectivity index (χ0v) is 19.4. The van der Waals surface area contributed by atoms with Gasteiger partial charge in [-0.15, -0.1) is 5.10 Å². The lowest BCUT2D eigenvalue weighted by molar-refractivity contribution is -0.123. The molecule has 1 aromatic carbocycles. The lowest BCUT2D eigenvalue weighted by Gasteiger charge is -2.12. The fraction of sp³-hybridized carbons (Fsp3) is 0.238. The zero-order valence-electron chi connectivity index (χ0n) is 17.7. The van der Waals surface area contributed by atoms with Crippen LogP contribution in [-0.4, -0.2) is 60.4 Å². The van der Waals surface area contributed by atoms with E-state index in [1.807, 2.05) is 19.9 Å². The summed E-state index contributed by atoms with van der Waals surface area (Å²) in [5, 5.41) is 6.97. The lowest BCUT2D eigenvalue weighted by Crippen LogP contribution is -2.37. The largest absolute Gasteiger partial charge is 0.354 e. The number of carbonyl (C=O) groups excluding carboxylic acids is 3. The minimum atomic E-state index is -0.510. The molecule has 3 heterocycles. The molecule has 170 valence electrons. The molecule has 1 saturated heterocycles. The number of nitrogens with one attached hydrogen (secondary N) is 1. The average Bonchev–Trinajstić information content (AvgIpc) is 3.29. The van der Waals surface area contributed by atoms with E-state index in [0.717, 1.165) is 39.8 Å². The first kappa shape index (κ1) is 22.9. The van der Waals surface area contributed by atoms with Gasteiger partial charge in [0, 0.05) is 30.0 Å². The van der Waals surface area contributed by atoms with E-state index >= 15 is 0 Å². The Bertz CT molecular complexity index is 1290. The Morgan fingerprint density at radius 2 is 2.03 bits per heavy atom. The second-order valence-electron chi connectivity index (χ2n) is 7.14. The second kappa shape index (κ2) is 9.71. The van der Waals surface area contributed by atoms with Crippen LogP contribution in [0.1, 0.15) is 17.0 Å². The SMILES string of the molecule is Cc1cc(C)n2nc(SCC(=O)NCCN3C(=O)S/C(=C/c4ccccc4F)C3=O)nc2n1. The Labute approximate surface area is 196 Å². The lowest BCUT2D eigenvalue weighted by atomic mass is 10.2. The molecule has 0 bridgehead atoms. The Morgan fingerprint density at radius 3 is 2.82 bits per heavy atom. The minimum absolute atomic E-state index is 0.0185. The van der Waals surface area contributed by atoms with E-state index in [1.165, 1.54) is 18.2 Å². The quantitative estimate of drug-likeness (QED) is 0.401. The maximum atomic E-state index is 13.8. The van der Waals surface area contributed by atoms with Crippen LogP contribution in [0.5, 0.6) is 0 Å². The minimum Gasteiger partial charge on any atom is -0.354 e. The molecule has 3 aromatic rings. The monoisotopic (exact) mass is 486 g/mol. The Morgan fingerprint density at radius 1 is 1.24 bits per heavy atom. The van der Waals surface area contributed by atoms with Gasteiger partial charge in [0.25, 0.3) is 16.9 Å². The van der Waals surface area contributed by atoms with Crippen molar-refractivity contribution in [2.24, 2.45) is 0 Å². The molecular weight excluding hydrogens is 467 g/mol. The summed E-state index contributed by atoms with van der Waals surface area (Å²) in [6.45, 7) is 3.89. The van der Waals surface area contributed by atoms with Gasteiger partial charge in [-0.2, -0.15) is 4.98 Å². The molecule has 0 aliphatic carbocycles. The first-order chi connectivity index (χ1) is 15.8. The first-order valence-corrected chi connectivity index (χ1v) is 11.7. The molecule has 0 radical (unpaired) electrons. The topological polar surface area (TPSA) is 110 Å². The molecule has 33 heavy (non-hydrogen) atoms. The predicted molar refractivity (Wildman–Crippen MR) is 123 cm³/mol. The van der Waals surface area contributed by atoms with Crippen molar-refractivity contribution in [1.29, 1.82) is 0 Å². The first-order valence-electron chi connectivity index (χ1n) is 9.92. The molecule has 0 unspecified atom stereocenters. The molecule has 3 amide bonds. The highest BCUT2D eigenvalue weighted by Crippen LogP contribution is 2.32. The fourth-order valence-electron chi connectivity index (χ4n) is 3.12. The number of carbonyl (C=O) groups is 3. The van der Waals surface area contributed by atoms with Crippen LogP contribution in [0.2, 0.25) is 0 Å². The third kappa shape index (κ3) is 5.22. The van der Waals surface area contributed by atoms with Crippen molar-refractivity contribution in [1.82, 2.24) is 29.8 Å². The summed E-state index contributed by atoms with van der Waals surface area (Å²) in [4.78, 5) is 46.7. The second-order valence-corrected chi connectivity index (χ2v) is 9.07. The van der Waals surface area contributed by atoms with E-state index in [4.69, 9.17) is 0 Å². The molecule has 2 aromatic heterocycles. The summed E-state index contributed by atoms with van der Waals surface area (Å²) in [6.07, 6.45) is 1.36. The molecule has 9 nitrogen and oxygen atoms in total. The highest BCUT2D eigenvalue weighted by Gasteiger charge is 2.34. The van der Waals surface area contributed by atoms with Crippen LogP contribution in [0.15, 0.2) is 40.4 Å². The van der Waals surface area contributed by atoms with Crippen molar-refractivity contribution >= 4 is 52.4 Å². The van der Waals surface area contributed by atoms with Gasteiger partial charge in [0.15, 0.2) is 0 Å². The fourth-order valence-corrected chi connectivity index (χ4v) is 4.63. The number of halogens is 1. The maximum Gasteiger partial charge on any atom is 0.293 e. The van der Waals surface area contributed by atoms with Gasteiger partial charge >= 0.3 is 0 Å². The Kier molecular flexibility index (Phi) is 6.75. The van der Waals surface area contributed by atoms with Crippen LogP contribution in [0.25, 0.3) is 11.9 Å². The average molecular weight is 487 g/mol. The number of benzene rings is 1. The van der Waals surface area contributed by atoms with Crippen LogP contribution >= 0.6 is 23.5 Å². The third-order valence-electron chi connectivity index (χ3n) is 4.65. The van der Waals surface area contributed by atoms with Gasteiger partial charge in [0.05, 0.1) is 10.7 Å². The van der Waals surface area contributed by atoms with Crippen LogP contribution in [0, 0.1) is 19.7 Å². The van der Waals surface area contributed by atoms with Crippen molar-refractivity contribution in [3.8, 4) is 0 Å². The van der Waals surface area contributed by atoms with Crippen molar-refractivity contribution in [2.45, 2.75) is 19.0 Å². The van der Waals surface area contributed by atoms with E-state index in [2.05, 4.69) is 20.4 Å². The van der Waals surface area contributed by atoms with Gasteiger partial charge in [-0.25, -0.2) is 13.9 Å². The summed E-state index contributed by atoms with van der Waals surface area (Å²) in [5.41, 5.74) is 1.95. The summed E-state index contributed by atoms with van der Waals surface area (Å²) in [6, 6.07) is 7.89. The van der Waals surface area contributed by atoms with Crippen LogP contribution in [0.3, 0.4) is 0 Å². The van der Waals surface area contributed by atoms with E-state index in [1.54, 1.807) is 16.6 Å². The number of nitrogens with zero attached hydrogens (tertiary/aromatic N) is 5. The van der Waals surface area contributed by atoms with Gasteiger partial charge in [-0.05, 0) is 43.8 Å². The number of thioether (sulfide) groups is 2. The number of hydrogen-bond donors (Lipinski definition) is 1. The van der Waals surface area contributed by atoms with Gasteiger partial charge in [-0.1, -0.05) is 30.0 Å². The van der Waals surface area contributed by atoms with Crippen LogP contribution < -0.4 is 5.32 Å². The molecule has 1 aliphatic heterocycles. The zero-order chi connectivity index (χ0) is 23.5. The normalized spacial score (nSPS) is 15.1. The molecule has 0 saturated carbocycles. The number of aromatic nitrogens is 4. The molecule has 0 spiro atoms. The summed E-state index contributed by atoms with van der Waals surface area (Å²) < 4.78 is 15.4. The molecular formula is C21H19FN6O3S2. The van der Waals surface area contributed by atoms with Gasteiger partial charge in [0.1, 0.15) is 5.82 Å². The Balaban J connectivity index is 1.28. The number of fused-ring (bicyclic) bond motifs is 1. The number of amides is 3. The summed E-state index contributed by atoms with van der Waals surface area (Å²) in [7, 11) is 0. The van der Waals surface area contributed by atoms with E-state index in [0.29, 0.717) is 10.9 Å². The van der Waals surface area contributed by atoms with E-state index in [9.17, 15) is 18.8 Å². The number of hydrogen-bond acceptors (Lipinski definition) is 8. The van der Waals surface area contributed by atoms with Crippen molar-refractivity contribution < 1.29 is 18.8 Å². The predicted octanol–water partition coefficient (Wildman–Crippen LogP) is 2.83. The molecule has 1 aliphatic rings. The van der Waals surface area contributed by atoms with E-state index in [-0.39, 0.29) is 35.2 Å². The van der Waals surface area contributed by atoms with Crippen LogP contribution in [-0.2, 0) is 9.59 Å². The molecule has 4 rings (SSSR count). The van der Waals surface area contributed by atoms with Gasteiger partial charge in [-0.3, -0.25) is 19.3 Å². The molecule has 1 N–H and O–H groups in total. The molecule has 12 heteroatoms. The van der Waals surface area contributed by atoms with Crippen molar-refractivity contribution in [2.75, 3.05) is 18.8 Å². The standard InChI is InChI=1S/C21H19FN6O3S2/c1-12-9-13(2)28-19(24-12)25-20(26-28)32-11-17(29)23-7-8-27-18(30)16(33-21(27)31)10-14-5-3-4-6-15(14)22/h3-6,9-10H,7-8,11H2,1-2H3,(H,23,29)/b16-10+. The number of imide groups is 1. The Hall–Kier alpha value is -3.25. The van der Waals surface area contributed by atoms with Crippen molar-refractivity contribution in [3.63, 3.8) is 0 Å². The van der Waals surface area contributed by atoms with Crippen LogP contribution in [0.4, 0.5) is 9.18 Å². The van der Waals surface area contributed by atoms with Gasteiger partial charge < -0.3 is 5.32 Å². The highest BCUT2D eigenvalue weighted by molar-refractivity contribution is 8.18. The molecule has 1 fully saturated rings. The maximum absolute atomic E-state index is 13.8. The van der Waals surface area contributed by atoms with Gasteiger partial charge in [0.2, 0.25) is 11.1 Å². The van der Waals surface area contributed by atoms with E-state index < -0.39 is 17.0 Å². The number of rotatable bonds is 7. The third-order valence-corrected chi connectivity index (χ3v) is 6.40. The smallest absolute Gasteiger partial charge is 0.293 e. The van der Waals surface area contributed by atoms with Crippen molar-refractivity contribution in [3.05, 3.63) is 58.0 Å². The number of aryl methyl sites for hydroxylation is 2. The molecule has 0 atom stereocenters. The summed E-state index contributed by atoms with van der Waals surface area (Å²) in [5.74, 6) is -0.727. The highest BCUT2D eigenvalue weighted by atomic mass is 32.2.